The first-order valence-electron chi connectivity index (χ1n) is 5.00. The smallest absolute Gasteiger partial charge is 0.227 e. The van der Waals surface area contributed by atoms with Crippen molar-refractivity contribution in [1.29, 1.82) is 0 Å². The number of hydrogen-bond donors (Lipinski definition) is 1. The van der Waals surface area contributed by atoms with Crippen molar-refractivity contribution in [1.82, 2.24) is 9.97 Å². The van der Waals surface area contributed by atoms with E-state index in [0.29, 0.717) is 17.2 Å². The summed E-state index contributed by atoms with van der Waals surface area (Å²) in [4.78, 5) is 18.9. The maximum absolute atomic E-state index is 10.6. The monoisotopic (exact) mass is 291 g/mol. The van der Waals surface area contributed by atoms with Gasteiger partial charge in [-0.15, -0.1) is 0 Å². The molecular weight excluding hydrogens is 282 g/mol. The fourth-order valence-electron chi connectivity index (χ4n) is 1.31. The van der Waals surface area contributed by atoms with E-state index >= 15 is 0 Å². The zero-order chi connectivity index (χ0) is 12.3. The van der Waals surface area contributed by atoms with E-state index in [0.717, 1.165) is 16.4 Å². The molecule has 86 valence electrons. The summed E-state index contributed by atoms with van der Waals surface area (Å²) in [5, 5.41) is 3.06. The third-order valence-electron chi connectivity index (χ3n) is 2.24. The number of rotatable bonds is 3. The van der Waals surface area contributed by atoms with Crippen LogP contribution >= 0.6 is 15.9 Å². The minimum Gasteiger partial charge on any atom is -0.324 e. The fraction of sp³-hybridized carbons (Fsp3) is 0.0833. The average molecular weight is 292 g/mol. The van der Waals surface area contributed by atoms with Gasteiger partial charge < -0.3 is 5.32 Å². The second kappa shape index (κ2) is 5.05. The Balaban J connectivity index is 2.21. The lowest BCUT2D eigenvalue weighted by molar-refractivity contribution is 0.112. The molecule has 2 aromatic rings. The molecule has 1 aromatic heterocycles. The van der Waals surface area contributed by atoms with Crippen molar-refractivity contribution in [3.8, 4) is 0 Å². The van der Waals surface area contributed by atoms with Crippen molar-refractivity contribution in [3.63, 3.8) is 0 Å². The number of benzene rings is 1. The van der Waals surface area contributed by atoms with Crippen LogP contribution in [0.2, 0.25) is 0 Å². The van der Waals surface area contributed by atoms with Crippen molar-refractivity contribution in [2.75, 3.05) is 5.32 Å². The standard InChI is InChI=1S/C12H10BrN3O/c1-8-9(7-17)6-14-12(15-8)16-11-4-2-10(13)3-5-11/h2-7H,1H3,(H,14,15,16). The quantitative estimate of drug-likeness (QED) is 0.883. The summed E-state index contributed by atoms with van der Waals surface area (Å²) < 4.78 is 1.01. The van der Waals surface area contributed by atoms with Gasteiger partial charge in [0, 0.05) is 16.4 Å². The molecule has 0 unspecified atom stereocenters. The Morgan fingerprint density at radius 3 is 2.59 bits per heavy atom. The van der Waals surface area contributed by atoms with Crippen LogP contribution in [0.4, 0.5) is 11.6 Å². The number of anilines is 2. The van der Waals surface area contributed by atoms with Crippen LogP contribution in [0.5, 0.6) is 0 Å². The van der Waals surface area contributed by atoms with Gasteiger partial charge in [-0.05, 0) is 31.2 Å². The van der Waals surface area contributed by atoms with E-state index in [9.17, 15) is 4.79 Å². The number of nitrogens with one attached hydrogen (secondary N) is 1. The van der Waals surface area contributed by atoms with Gasteiger partial charge in [-0.1, -0.05) is 15.9 Å². The molecule has 0 fully saturated rings. The van der Waals surface area contributed by atoms with Gasteiger partial charge in [0.1, 0.15) is 0 Å². The maximum Gasteiger partial charge on any atom is 0.227 e. The molecule has 0 bridgehead atoms. The summed E-state index contributed by atoms with van der Waals surface area (Å²) in [6.45, 7) is 1.78. The van der Waals surface area contributed by atoms with E-state index in [1.165, 1.54) is 6.20 Å². The van der Waals surface area contributed by atoms with Crippen LogP contribution in [0.1, 0.15) is 16.1 Å². The normalized spacial score (nSPS) is 10.0. The summed E-state index contributed by atoms with van der Waals surface area (Å²) in [6, 6.07) is 7.68. The van der Waals surface area contributed by atoms with Gasteiger partial charge in [-0.2, -0.15) is 0 Å². The second-order valence-electron chi connectivity index (χ2n) is 3.48. The second-order valence-corrected chi connectivity index (χ2v) is 4.40. The van der Waals surface area contributed by atoms with Gasteiger partial charge in [-0.25, -0.2) is 9.97 Å². The lowest BCUT2D eigenvalue weighted by Gasteiger charge is -2.06. The van der Waals surface area contributed by atoms with Crippen LogP contribution < -0.4 is 5.32 Å². The number of nitrogens with zero attached hydrogens (tertiary/aromatic N) is 2. The summed E-state index contributed by atoms with van der Waals surface area (Å²) in [6.07, 6.45) is 2.26. The van der Waals surface area contributed by atoms with Crippen LogP contribution in [0, 0.1) is 6.92 Å². The van der Waals surface area contributed by atoms with Gasteiger partial charge >= 0.3 is 0 Å². The first-order chi connectivity index (χ1) is 8.19. The van der Waals surface area contributed by atoms with Gasteiger partial charge in [0.15, 0.2) is 6.29 Å². The number of aryl methyl sites for hydroxylation is 1. The van der Waals surface area contributed by atoms with Crippen molar-refractivity contribution in [2.45, 2.75) is 6.92 Å². The molecule has 0 saturated carbocycles. The number of carbonyl (C=O) groups is 1. The summed E-state index contributed by atoms with van der Waals surface area (Å²) in [5.41, 5.74) is 2.06. The molecule has 0 aliphatic carbocycles. The topological polar surface area (TPSA) is 54.9 Å². The average Bonchev–Trinajstić information content (AvgIpc) is 2.32. The minimum absolute atomic E-state index is 0.482. The molecule has 0 radical (unpaired) electrons. The number of aromatic nitrogens is 2. The van der Waals surface area contributed by atoms with Crippen LogP contribution in [0.3, 0.4) is 0 Å². The van der Waals surface area contributed by atoms with Crippen molar-refractivity contribution in [3.05, 3.63) is 46.2 Å². The predicted molar refractivity (Wildman–Crippen MR) is 69.6 cm³/mol. The third kappa shape index (κ3) is 2.88. The van der Waals surface area contributed by atoms with Crippen LogP contribution in [-0.2, 0) is 0 Å². The number of aldehydes is 1. The Morgan fingerprint density at radius 2 is 2.00 bits per heavy atom. The molecule has 4 nitrogen and oxygen atoms in total. The molecule has 1 N–H and O–H groups in total. The molecule has 0 aliphatic rings. The van der Waals surface area contributed by atoms with Gasteiger partial charge in [0.05, 0.1) is 11.3 Å². The molecule has 2 rings (SSSR count). The largest absolute Gasteiger partial charge is 0.324 e. The molecule has 0 saturated heterocycles. The highest BCUT2D eigenvalue weighted by Gasteiger charge is 2.02. The van der Waals surface area contributed by atoms with Crippen LogP contribution in [0.25, 0.3) is 0 Å². The first-order valence-corrected chi connectivity index (χ1v) is 5.80. The molecule has 0 spiro atoms. The van der Waals surface area contributed by atoms with Crippen molar-refractivity contribution >= 4 is 33.9 Å². The van der Waals surface area contributed by atoms with Crippen molar-refractivity contribution in [2.24, 2.45) is 0 Å². The maximum atomic E-state index is 10.6. The molecule has 0 amide bonds. The summed E-state index contributed by atoms with van der Waals surface area (Å²) in [5.74, 6) is 0.482. The van der Waals surface area contributed by atoms with E-state index in [1.54, 1.807) is 6.92 Å². The van der Waals surface area contributed by atoms with E-state index in [2.05, 4.69) is 31.2 Å². The van der Waals surface area contributed by atoms with Crippen LogP contribution in [-0.4, -0.2) is 16.3 Å². The number of carbonyl (C=O) groups excluding carboxylic acids is 1. The molecule has 0 atom stereocenters. The van der Waals surface area contributed by atoms with Gasteiger partial charge in [0.2, 0.25) is 5.95 Å². The lowest BCUT2D eigenvalue weighted by atomic mass is 10.3. The number of hydrogen-bond acceptors (Lipinski definition) is 4. The zero-order valence-electron chi connectivity index (χ0n) is 9.14. The Morgan fingerprint density at radius 1 is 1.29 bits per heavy atom. The minimum atomic E-state index is 0.482. The Kier molecular flexibility index (Phi) is 3.49. The Hall–Kier alpha value is -1.75. The van der Waals surface area contributed by atoms with Gasteiger partial charge in [-0.3, -0.25) is 4.79 Å². The zero-order valence-corrected chi connectivity index (χ0v) is 10.7. The highest BCUT2D eigenvalue weighted by molar-refractivity contribution is 9.10. The van der Waals surface area contributed by atoms with Crippen molar-refractivity contribution < 1.29 is 4.79 Å². The number of halogens is 1. The third-order valence-corrected chi connectivity index (χ3v) is 2.77. The molecule has 0 aliphatic heterocycles. The molecule has 5 heteroatoms. The van der Waals surface area contributed by atoms with E-state index in [-0.39, 0.29) is 0 Å². The fourth-order valence-corrected chi connectivity index (χ4v) is 1.58. The molecule has 1 heterocycles. The Bertz CT molecular complexity index is 540. The SMILES string of the molecule is Cc1nc(Nc2ccc(Br)cc2)ncc1C=O. The highest BCUT2D eigenvalue weighted by atomic mass is 79.9. The van der Waals surface area contributed by atoms with Crippen LogP contribution in [0.15, 0.2) is 34.9 Å². The first kappa shape index (κ1) is 11.7. The van der Waals surface area contributed by atoms with E-state index in [1.807, 2.05) is 24.3 Å². The van der Waals surface area contributed by atoms with E-state index < -0.39 is 0 Å². The predicted octanol–water partition coefficient (Wildman–Crippen LogP) is 3.10. The van der Waals surface area contributed by atoms with Gasteiger partial charge in [0.25, 0.3) is 0 Å². The molecule has 1 aromatic carbocycles. The molecular formula is C12H10BrN3O. The van der Waals surface area contributed by atoms with E-state index in [4.69, 9.17) is 0 Å². The Labute approximate surface area is 107 Å². The summed E-state index contributed by atoms with van der Waals surface area (Å²) in [7, 11) is 0. The highest BCUT2D eigenvalue weighted by Crippen LogP contribution is 2.17. The summed E-state index contributed by atoms with van der Waals surface area (Å²) >= 11 is 3.36. The lowest BCUT2D eigenvalue weighted by Crippen LogP contribution is -2.00. The molecule has 17 heavy (non-hydrogen) atoms.